The Morgan fingerprint density at radius 3 is 2.57 bits per heavy atom. The monoisotopic (exact) mass is 279 g/mol. The predicted octanol–water partition coefficient (Wildman–Crippen LogP) is 3.16. The first-order valence-electron chi connectivity index (χ1n) is 7.37. The van der Waals surface area contributed by atoms with Gasteiger partial charge in [0.1, 0.15) is 11.5 Å². The van der Waals surface area contributed by atoms with Gasteiger partial charge in [0.15, 0.2) is 0 Å². The molecular formula is C18H17NO2. The Morgan fingerprint density at radius 2 is 1.86 bits per heavy atom. The van der Waals surface area contributed by atoms with Crippen LogP contribution in [0.5, 0.6) is 11.5 Å². The summed E-state index contributed by atoms with van der Waals surface area (Å²) in [6.07, 6.45) is 1.78. The third-order valence-corrected chi connectivity index (χ3v) is 4.64. The van der Waals surface area contributed by atoms with Crippen LogP contribution in [0.1, 0.15) is 12.0 Å². The molecule has 2 aliphatic rings. The van der Waals surface area contributed by atoms with Crippen molar-refractivity contribution in [1.29, 1.82) is 0 Å². The Hall–Kier alpha value is -2.29. The van der Waals surface area contributed by atoms with Crippen LogP contribution < -0.4 is 10.1 Å². The van der Waals surface area contributed by atoms with E-state index in [1.54, 1.807) is 0 Å². The molecule has 2 aromatic rings. The Kier molecular flexibility index (Phi) is 2.74. The van der Waals surface area contributed by atoms with Crippen molar-refractivity contribution in [3.05, 3.63) is 60.2 Å². The average molecular weight is 279 g/mol. The number of ether oxygens (including phenoxy) is 1. The van der Waals surface area contributed by atoms with Crippen LogP contribution in [0.2, 0.25) is 0 Å². The van der Waals surface area contributed by atoms with Gasteiger partial charge in [0.25, 0.3) is 0 Å². The fourth-order valence-electron chi connectivity index (χ4n) is 3.32. The number of benzene rings is 2. The molecule has 2 unspecified atom stereocenters. The van der Waals surface area contributed by atoms with Crippen molar-refractivity contribution in [2.75, 3.05) is 6.54 Å². The molecule has 2 aromatic carbocycles. The molecule has 2 fully saturated rings. The first kappa shape index (κ1) is 12.5. The van der Waals surface area contributed by atoms with E-state index in [0.29, 0.717) is 5.92 Å². The highest BCUT2D eigenvalue weighted by Crippen LogP contribution is 2.58. The van der Waals surface area contributed by atoms with Gasteiger partial charge < -0.3 is 10.1 Å². The van der Waals surface area contributed by atoms with E-state index < -0.39 is 0 Å². The van der Waals surface area contributed by atoms with Gasteiger partial charge in [-0.25, -0.2) is 0 Å². The van der Waals surface area contributed by atoms with Crippen LogP contribution in [0, 0.1) is 11.3 Å². The first-order chi connectivity index (χ1) is 10.3. The molecule has 1 aliphatic heterocycles. The number of nitrogens with one attached hydrogen (secondary N) is 1. The topological polar surface area (TPSA) is 38.3 Å². The van der Waals surface area contributed by atoms with Gasteiger partial charge in [-0.1, -0.05) is 36.4 Å². The van der Waals surface area contributed by atoms with E-state index >= 15 is 0 Å². The SMILES string of the molecule is O=C1NCC2CC12Cc1ccccc1Oc1ccccc1. The van der Waals surface area contributed by atoms with Crippen LogP contribution in [0.4, 0.5) is 0 Å². The molecule has 4 rings (SSSR count). The molecule has 3 nitrogen and oxygen atoms in total. The van der Waals surface area contributed by atoms with Crippen molar-refractivity contribution in [3.63, 3.8) is 0 Å². The quantitative estimate of drug-likeness (QED) is 0.933. The zero-order chi connectivity index (χ0) is 14.3. The Morgan fingerprint density at radius 1 is 1.10 bits per heavy atom. The second kappa shape index (κ2) is 4.62. The zero-order valence-electron chi connectivity index (χ0n) is 11.7. The maximum Gasteiger partial charge on any atom is 0.226 e. The third-order valence-electron chi connectivity index (χ3n) is 4.64. The summed E-state index contributed by atoms with van der Waals surface area (Å²) in [6, 6.07) is 17.8. The van der Waals surface area contributed by atoms with E-state index in [-0.39, 0.29) is 11.3 Å². The molecule has 1 N–H and O–H groups in total. The van der Waals surface area contributed by atoms with Crippen LogP contribution >= 0.6 is 0 Å². The van der Waals surface area contributed by atoms with Gasteiger partial charge in [0.2, 0.25) is 5.91 Å². The van der Waals surface area contributed by atoms with Crippen molar-refractivity contribution in [1.82, 2.24) is 5.32 Å². The summed E-state index contributed by atoms with van der Waals surface area (Å²) in [6.45, 7) is 0.834. The zero-order valence-corrected chi connectivity index (χ0v) is 11.7. The molecule has 1 saturated heterocycles. The fourth-order valence-corrected chi connectivity index (χ4v) is 3.32. The van der Waals surface area contributed by atoms with Gasteiger partial charge in [-0.05, 0) is 42.5 Å². The number of carbonyl (C=O) groups excluding carboxylic acids is 1. The molecule has 3 heteroatoms. The number of rotatable bonds is 4. The largest absolute Gasteiger partial charge is 0.457 e. The molecule has 21 heavy (non-hydrogen) atoms. The number of amides is 1. The molecule has 0 aromatic heterocycles. The molecule has 0 radical (unpaired) electrons. The number of hydrogen-bond acceptors (Lipinski definition) is 2. The average Bonchev–Trinajstić information content (AvgIpc) is 3.14. The lowest BCUT2D eigenvalue weighted by molar-refractivity contribution is -0.124. The second-order valence-electron chi connectivity index (χ2n) is 5.97. The van der Waals surface area contributed by atoms with Gasteiger partial charge in [0, 0.05) is 6.54 Å². The van der Waals surface area contributed by atoms with E-state index in [9.17, 15) is 4.79 Å². The molecule has 0 bridgehead atoms. The number of piperidine rings is 1. The predicted molar refractivity (Wildman–Crippen MR) is 80.2 cm³/mol. The molecule has 1 saturated carbocycles. The summed E-state index contributed by atoms with van der Waals surface area (Å²) in [5.74, 6) is 2.39. The Balaban J connectivity index is 1.60. The lowest BCUT2D eigenvalue weighted by atomic mass is 9.94. The summed E-state index contributed by atoms with van der Waals surface area (Å²) >= 11 is 0. The van der Waals surface area contributed by atoms with Crippen molar-refractivity contribution in [3.8, 4) is 11.5 Å². The summed E-state index contributed by atoms with van der Waals surface area (Å²) in [5, 5.41) is 2.97. The van der Waals surface area contributed by atoms with E-state index in [4.69, 9.17) is 4.74 Å². The number of carbonyl (C=O) groups is 1. The van der Waals surface area contributed by atoms with Crippen molar-refractivity contribution in [2.45, 2.75) is 12.8 Å². The van der Waals surface area contributed by atoms with Gasteiger partial charge in [-0.3, -0.25) is 4.79 Å². The summed E-state index contributed by atoms with van der Waals surface area (Å²) in [4.78, 5) is 12.1. The molecule has 1 aliphatic carbocycles. The van der Waals surface area contributed by atoms with Crippen LogP contribution in [-0.4, -0.2) is 12.5 Å². The maximum atomic E-state index is 12.1. The van der Waals surface area contributed by atoms with E-state index in [2.05, 4.69) is 11.4 Å². The molecule has 1 heterocycles. The molecular weight excluding hydrogens is 262 g/mol. The summed E-state index contributed by atoms with van der Waals surface area (Å²) in [7, 11) is 0. The first-order valence-corrected chi connectivity index (χ1v) is 7.37. The van der Waals surface area contributed by atoms with E-state index in [0.717, 1.165) is 36.4 Å². The lowest BCUT2D eigenvalue weighted by Crippen LogP contribution is -2.26. The fraction of sp³-hybridized carbons (Fsp3) is 0.278. The highest BCUT2D eigenvalue weighted by molar-refractivity contribution is 5.89. The Bertz CT molecular complexity index is 683. The number of para-hydroxylation sites is 2. The van der Waals surface area contributed by atoms with E-state index in [1.807, 2.05) is 48.5 Å². The molecule has 106 valence electrons. The third kappa shape index (κ3) is 2.09. The number of fused-ring (bicyclic) bond motifs is 1. The van der Waals surface area contributed by atoms with Crippen LogP contribution in [0.3, 0.4) is 0 Å². The molecule has 2 atom stereocenters. The minimum absolute atomic E-state index is 0.170. The summed E-state index contributed by atoms with van der Waals surface area (Å²) < 4.78 is 5.99. The summed E-state index contributed by atoms with van der Waals surface area (Å²) in [5.41, 5.74) is 0.941. The smallest absolute Gasteiger partial charge is 0.226 e. The molecule has 1 amide bonds. The highest BCUT2D eigenvalue weighted by Gasteiger charge is 2.63. The molecule has 0 spiro atoms. The lowest BCUT2D eigenvalue weighted by Gasteiger charge is -2.15. The minimum atomic E-state index is -0.170. The standard InChI is InChI=1S/C18H17NO2/c20-17-18(11-14(18)12-19-17)10-13-6-4-5-9-16(13)21-15-7-2-1-3-8-15/h1-9,14H,10-12H2,(H,19,20). The number of hydrogen-bond donors (Lipinski definition) is 1. The minimum Gasteiger partial charge on any atom is -0.457 e. The van der Waals surface area contributed by atoms with Gasteiger partial charge in [-0.15, -0.1) is 0 Å². The normalized spacial score (nSPS) is 26.1. The van der Waals surface area contributed by atoms with Crippen LogP contribution in [0.15, 0.2) is 54.6 Å². The van der Waals surface area contributed by atoms with Crippen molar-refractivity contribution in [2.24, 2.45) is 11.3 Å². The second-order valence-corrected chi connectivity index (χ2v) is 5.97. The van der Waals surface area contributed by atoms with Crippen molar-refractivity contribution >= 4 is 5.91 Å². The van der Waals surface area contributed by atoms with Crippen LogP contribution in [0.25, 0.3) is 0 Å². The maximum absolute atomic E-state index is 12.1. The van der Waals surface area contributed by atoms with Crippen molar-refractivity contribution < 1.29 is 9.53 Å². The van der Waals surface area contributed by atoms with Gasteiger partial charge in [-0.2, -0.15) is 0 Å². The van der Waals surface area contributed by atoms with E-state index in [1.165, 1.54) is 0 Å². The van der Waals surface area contributed by atoms with Gasteiger partial charge >= 0.3 is 0 Å². The highest BCUT2D eigenvalue weighted by atomic mass is 16.5. The Labute approximate surface area is 123 Å². The van der Waals surface area contributed by atoms with Crippen LogP contribution in [-0.2, 0) is 11.2 Å². The van der Waals surface area contributed by atoms with Gasteiger partial charge in [0.05, 0.1) is 5.41 Å².